The van der Waals surface area contributed by atoms with Crippen molar-refractivity contribution in [2.24, 2.45) is 0 Å². The molecule has 1 atom stereocenters. The van der Waals surface area contributed by atoms with Gasteiger partial charge >= 0.3 is 5.97 Å². The molecule has 1 amide bonds. The lowest BCUT2D eigenvalue weighted by atomic mass is 10.1. The van der Waals surface area contributed by atoms with Gasteiger partial charge in [0.1, 0.15) is 0 Å². The van der Waals surface area contributed by atoms with E-state index in [1.54, 1.807) is 6.07 Å². The van der Waals surface area contributed by atoms with Crippen LogP contribution in [0.5, 0.6) is 0 Å². The number of anilines is 3. The van der Waals surface area contributed by atoms with E-state index in [4.69, 9.17) is 12.2 Å². The number of rotatable bonds is 8. The number of amides is 1. The minimum Gasteiger partial charge on any atom is -0.478 e. The number of carboxylic acid groups (broad SMARTS) is 1. The molecule has 0 aliphatic rings. The van der Waals surface area contributed by atoms with Gasteiger partial charge in [-0.3, -0.25) is 4.79 Å². The molecule has 0 radical (unpaired) electrons. The van der Waals surface area contributed by atoms with Crippen molar-refractivity contribution < 1.29 is 14.7 Å². The smallest absolute Gasteiger partial charge is 0.335 e. The lowest BCUT2D eigenvalue weighted by Crippen LogP contribution is -2.25. The van der Waals surface area contributed by atoms with E-state index in [-0.39, 0.29) is 16.7 Å². The number of thiocarbonyl (C=S) groups is 1. The Morgan fingerprint density at radius 3 is 2.33 bits per heavy atom. The Balaban J connectivity index is 1.65. The molecule has 0 spiro atoms. The molecule has 0 aliphatic carbocycles. The number of carboxylic acids is 1. The SMILES string of the molecule is CCC(Sc1cccc(NC(=S)Nc2ccccc2)c1)C(=O)Nc1cc(C(=O)O)ccc1C. The summed E-state index contributed by atoms with van der Waals surface area (Å²) in [6.07, 6.45) is 0.611. The third kappa shape index (κ3) is 7.06. The van der Waals surface area contributed by atoms with Gasteiger partial charge in [-0.2, -0.15) is 0 Å². The molecule has 33 heavy (non-hydrogen) atoms. The van der Waals surface area contributed by atoms with Gasteiger partial charge in [0.05, 0.1) is 10.8 Å². The second-order valence-electron chi connectivity index (χ2n) is 7.31. The molecule has 0 aromatic heterocycles. The maximum Gasteiger partial charge on any atom is 0.335 e. The summed E-state index contributed by atoms with van der Waals surface area (Å²) in [6.45, 7) is 3.77. The molecule has 0 fully saturated rings. The van der Waals surface area contributed by atoms with E-state index in [9.17, 15) is 14.7 Å². The summed E-state index contributed by atoms with van der Waals surface area (Å²) < 4.78 is 0. The van der Waals surface area contributed by atoms with Crippen molar-refractivity contribution in [2.75, 3.05) is 16.0 Å². The highest BCUT2D eigenvalue weighted by atomic mass is 32.2. The molecule has 170 valence electrons. The van der Waals surface area contributed by atoms with Crippen molar-refractivity contribution in [1.29, 1.82) is 0 Å². The third-order valence-electron chi connectivity index (χ3n) is 4.81. The van der Waals surface area contributed by atoms with E-state index in [0.717, 1.165) is 21.8 Å². The number of carbonyl (C=O) groups excluding carboxylic acids is 1. The van der Waals surface area contributed by atoms with Crippen molar-refractivity contribution in [3.05, 3.63) is 83.9 Å². The average Bonchev–Trinajstić information content (AvgIpc) is 2.79. The van der Waals surface area contributed by atoms with Gasteiger partial charge in [0, 0.05) is 22.0 Å². The zero-order chi connectivity index (χ0) is 23.8. The predicted octanol–water partition coefficient (Wildman–Crippen LogP) is 6.01. The first-order chi connectivity index (χ1) is 15.9. The summed E-state index contributed by atoms with van der Waals surface area (Å²) in [4.78, 5) is 25.1. The molecule has 0 aliphatic heterocycles. The molecule has 3 aromatic rings. The fourth-order valence-electron chi connectivity index (χ4n) is 3.05. The molecule has 0 heterocycles. The molecule has 0 saturated heterocycles. The first-order valence-electron chi connectivity index (χ1n) is 10.4. The van der Waals surface area contributed by atoms with Crippen molar-refractivity contribution in [3.63, 3.8) is 0 Å². The van der Waals surface area contributed by atoms with Crippen LogP contribution < -0.4 is 16.0 Å². The zero-order valence-electron chi connectivity index (χ0n) is 18.3. The number of thioether (sulfide) groups is 1. The van der Waals surface area contributed by atoms with Gasteiger partial charge in [-0.15, -0.1) is 11.8 Å². The number of hydrogen-bond donors (Lipinski definition) is 4. The molecule has 8 heteroatoms. The van der Waals surface area contributed by atoms with E-state index in [2.05, 4.69) is 16.0 Å². The summed E-state index contributed by atoms with van der Waals surface area (Å²) >= 11 is 6.84. The highest BCUT2D eigenvalue weighted by Gasteiger charge is 2.19. The maximum absolute atomic E-state index is 12.9. The van der Waals surface area contributed by atoms with Crippen LogP contribution in [0, 0.1) is 6.92 Å². The molecular weight excluding hydrogens is 454 g/mol. The number of aryl methyl sites for hydroxylation is 1. The van der Waals surface area contributed by atoms with E-state index >= 15 is 0 Å². The van der Waals surface area contributed by atoms with Crippen molar-refractivity contribution >= 4 is 58.0 Å². The fourth-order valence-corrected chi connectivity index (χ4v) is 4.30. The van der Waals surface area contributed by atoms with Crippen molar-refractivity contribution in [1.82, 2.24) is 0 Å². The summed E-state index contributed by atoms with van der Waals surface area (Å²) in [6, 6.07) is 22.0. The first kappa shape index (κ1) is 24.3. The predicted molar refractivity (Wildman–Crippen MR) is 139 cm³/mol. The quantitative estimate of drug-likeness (QED) is 0.232. The van der Waals surface area contributed by atoms with Gasteiger partial charge in [-0.25, -0.2) is 4.79 Å². The van der Waals surface area contributed by atoms with Crippen LogP contribution in [0.1, 0.15) is 29.3 Å². The van der Waals surface area contributed by atoms with E-state index in [1.165, 1.54) is 23.9 Å². The number of para-hydroxylation sites is 1. The van der Waals surface area contributed by atoms with Crippen LogP contribution in [-0.4, -0.2) is 27.3 Å². The number of nitrogens with one attached hydrogen (secondary N) is 3. The average molecular weight is 480 g/mol. The Kier molecular flexibility index (Phi) is 8.46. The molecule has 1 unspecified atom stereocenters. The van der Waals surface area contributed by atoms with E-state index < -0.39 is 5.97 Å². The highest BCUT2D eigenvalue weighted by molar-refractivity contribution is 8.00. The van der Waals surface area contributed by atoms with Crippen LogP contribution in [-0.2, 0) is 4.79 Å². The van der Waals surface area contributed by atoms with Gasteiger partial charge in [-0.05, 0) is 73.6 Å². The number of aromatic carboxylic acids is 1. The molecule has 3 rings (SSSR count). The van der Waals surface area contributed by atoms with Gasteiger partial charge < -0.3 is 21.1 Å². The van der Waals surface area contributed by atoms with Crippen molar-refractivity contribution in [2.45, 2.75) is 30.4 Å². The summed E-state index contributed by atoms with van der Waals surface area (Å²) in [5, 5.41) is 18.5. The number of hydrogen-bond acceptors (Lipinski definition) is 4. The standard InChI is InChI=1S/C25H25N3O3S2/c1-3-22(23(29)28-21-14-17(24(30)31)13-12-16(21)2)33-20-11-7-10-19(15-20)27-25(32)26-18-8-5-4-6-9-18/h4-15,22H,3H2,1-2H3,(H,28,29)(H,30,31)(H2,26,27,32). The Morgan fingerprint density at radius 1 is 0.939 bits per heavy atom. The summed E-state index contributed by atoms with van der Waals surface area (Å²) in [5.74, 6) is -1.20. The van der Waals surface area contributed by atoms with E-state index in [1.807, 2.05) is 68.4 Å². The highest BCUT2D eigenvalue weighted by Crippen LogP contribution is 2.29. The molecule has 6 nitrogen and oxygen atoms in total. The van der Waals surface area contributed by atoms with Crippen molar-refractivity contribution in [3.8, 4) is 0 Å². The molecule has 0 bridgehead atoms. The van der Waals surface area contributed by atoms with Gasteiger partial charge in [0.2, 0.25) is 5.91 Å². The van der Waals surface area contributed by atoms with Gasteiger partial charge in [0.25, 0.3) is 0 Å². The Morgan fingerprint density at radius 2 is 1.64 bits per heavy atom. The second kappa shape index (κ2) is 11.5. The Bertz CT molecular complexity index is 1150. The maximum atomic E-state index is 12.9. The Labute approximate surface area is 202 Å². The third-order valence-corrected chi connectivity index (χ3v) is 6.37. The van der Waals surface area contributed by atoms with Crippen LogP contribution in [0.25, 0.3) is 0 Å². The first-order valence-corrected chi connectivity index (χ1v) is 11.7. The van der Waals surface area contributed by atoms with Crippen LogP contribution in [0.3, 0.4) is 0 Å². The van der Waals surface area contributed by atoms with Gasteiger partial charge in [-0.1, -0.05) is 37.3 Å². The van der Waals surface area contributed by atoms with Crippen LogP contribution >= 0.6 is 24.0 Å². The van der Waals surface area contributed by atoms with E-state index in [0.29, 0.717) is 17.2 Å². The monoisotopic (exact) mass is 479 g/mol. The Hall–Kier alpha value is -3.36. The summed E-state index contributed by atoms with van der Waals surface area (Å²) in [5.41, 5.74) is 3.15. The normalized spacial score (nSPS) is 11.3. The van der Waals surface area contributed by atoms with Crippen LogP contribution in [0.15, 0.2) is 77.7 Å². The van der Waals surface area contributed by atoms with Gasteiger partial charge in [0.15, 0.2) is 5.11 Å². The molecule has 0 saturated carbocycles. The lowest BCUT2D eigenvalue weighted by molar-refractivity contribution is -0.115. The zero-order valence-corrected chi connectivity index (χ0v) is 19.9. The lowest BCUT2D eigenvalue weighted by Gasteiger charge is -2.17. The summed E-state index contributed by atoms with van der Waals surface area (Å²) in [7, 11) is 0. The largest absolute Gasteiger partial charge is 0.478 e. The molecule has 3 aromatic carbocycles. The fraction of sp³-hybridized carbons (Fsp3) is 0.160. The number of carbonyl (C=O) groups is 2. The minimum absolute atomic E-state index is 0.135. The van der Waals surface area contributed by atoms with Crippen LogP contribution in [0.2, 0.25) is 0 Å². The minimum atomic E-state index is -1.03. The second-order valence-corrected chi connectivity index (χ2v) is 9.00. The topological polar surface area (TPSA) is 90.5 Å². The van der Waals surface area contributed by atoms with Crippen LogP contribution in [0.4, 0.5) is 17.1 Å². The number of benzene rings is 3. The molecule has 4 N–H and O–H groups in total. The molecular formula is C25H25N3O3S2.